The molecule has 134 valence electrons. The largest absolute Gasteiger partial charge is 0.354 e. The zero-order valence-corrected chi connectivity index (χ0v) is 15.6. The predicted molar refractivity (Wildman–Crippen MR) is 99.1 cm³/mol. The minimum Gasteiger partial charge on any atom is -0.354 e. The van der Waals surface area contributed by atoms with E-state index in [2.05, 4.69) is 5.32 Å². The molecule has 24 heavy (non-hydrogen) atoms. The summed E-state index contributed by atoms with van der Waals surface area (Å²) >= 11 is 12.0. The molecule has 0 bridgehead atoms. The van der Waals surface area contributed by atoms with Gasteiger partial charge in [0.2, 0.25) is 5.91 Å². The van der Waals surface area contributed by atoms with Crippen LogP contribution < -0.4 is 11.1 Å². The van der Waals surface area contributed by atoms with E-state index in [4.69, 9.17) is 28.9 Å². The van der Waals surface area contributed by atoms with E-state index in [0.29, 0.717) is 41.7 Å². The van der Waals surface area contributed by atoms with Gasteiger partial charge in [-0.15, -0.1) is 12.4 Å². The monoisotopic (exact) mass is 393 g/mol. The van der Waals surface area contributed by atoms with Gasteiger partial charge in [-0.1, -0.05) is 23.2 Å². The summed E-state index contributed by atoms with van der Waals surface area (Å²) in [4.78, 5) is 26.6. The molecule has 5 nitrogen and oxygen atoms in total. The van der Waals surface area contributed by atoms with Crippen LogP contribution in [0.2, 0.25) is 10.0 Å². The fraction of sp³-hybridized carbons (Fsp3) is 0.500. The third-order valence-corrected chi connectivity index (χ3v) is 4.47. The molecule has 0 aromatic heterocycles. The second-order valence-electron chi connectivity index (χ2n) is 5.57. The molecule has 1 atom stereocenters. The van der Waals surface area contributed by atoms with Gasteiger partial charge in [-0.2, -0.15) is 0 Å². The van der Waals surface area contributed by atoms with Gasteiger partial charge < -0.3 is 16.0 Å². The molecule has 1 fully saturated rings. The summed E-state index contributed by atoms with van der Waals surface area (Å²) in [6, 6.07) is 4.32. The van der Waals surface area contributed by atoms with Gasteiger partial charge in [0.15, 0.2) is 0 Å². The van der Waals surface area contributed by atoms with Gasteiger partial charge >= 0.3 is 0 Å². The van der Waals surface area contributed by atoms with Crippen LogP contribution in [0.4, 0.5) is 0 Å². The summed E-state index contributed by atoms with van der Waals surface area (Å²) in [5.41, 5.74) is 5.77. The van der Waals surface area contributed by atoms with Crippen LogP contribution in [-0.4, -0.2) is 42.4 Å². The average Bonchev–Trinajstić information content (AvgIpc) is 3.02. The number of unbranched alkanes of at least 4 members (excludes halogenated alkanes) is 1. The van der Waals surface area contributed by atoms with Gasteiger partial charge in [0, 0.05) is 18.1 Å². The number of carbonyl (C=O) groups excluding carboxylic acids is 2. The van der Waals surface area contributed by atoms with Crippen LogP contribution in [0.25, 0.3) is 0 Å². The van der Waals surface area contributed by atoms with Crippen molar-refractivity contribution in [2.75, 3.05) is 19.6 Å². The van der Waals surface area contributed by atoms with Crippen LogP contribution in [0.1, 0.15) is 36.0 Å². The number of amides is 2. The first-order chi connectivity index (χ1) is 11.0. The molecular weight excluding hydrogens is 373 g/mol. The van der Waals surface area contributed by atoms with Gasteiger partial charge in [-0.05, 0) is 50.4 Å². The number of nitrogens with two attached hydrogens (primary N) is 1. The van der Waals surface area contributed by atoms with Gasteiger partial charge in [0.25, 0.3) is 5.91 Å². The van der Waals surface area contributed by atoms with Crippen molar-refractivity contribution < 1.29 is 9.59 Å². The Labute approximate surface area is 158 Å². The Morgan fingerprint density at radius 2 is 2.04 bits per heavy atom. The molecule has 1 aromatic carbocycles. The van der Waals surface area contributed by atoms with Crippen molar-refractivity contribution in [2.45, 2.75) is 31.7 Å². The first kappa shape index (κ1) is 21.0. The third-order valence-electron chi connectivity index (χ3n) is 3.91. The van der Waals surface area contributed by atoms with Crippen molar-refractivity contribution in [3.63, 3.8) is 0 Å². The van der Waals surface area contributed by atoms with Gasteiger partial charge in [-0.3, -0.25) is 9.59 Å². The Hall–Kier alpha value is -1.01. The van der Waals surface area contributed by atoms with Gasteiger partial charge in [0.05, 0.1) is 10.6 Å². The standard InChI is InChI=1S/C16H21Cl2N3O2.ClH/c17-11-5-6-13(18)12(10-11)16(23)21-9-3-4-14(21)15(22)20-8-2-1-7-19;/h5-6,10,14H,1-4,7-9,19H2,(H,20,22);1H. The normalized spacial score (nSPS) is 16.6. The molecule has 1 saturated heterocycles. The lowest BCUT2D eigenvalue weighted by atomic mass is 10.1. The number of carbonyl (C=O) groups is 2. The topological polar surface area (TPSA) is 75.4 Å². The van der Waals surface area contributed by atoms with Crippen LogP contribution in [0.3, 0.4) is 0 Å². The third kappa shape index (κ3) is 5.24. The maximum atomic E-state index is 12.7. The van der Waals surface area contributed by atoms with E-state index >= 15 is 0 Å². The fourth-order valence-electron chi connectivity index (χ4n) is 2.70. The van der Waals surface area contributed by atoms with E-state index in [9.17, 15) is 9.59 Å². The van der Waals surface area contributed by atoms with Crippen molar-refractivity contribution >= 4 is 47.4 Å². The Balaban J connectivity index is 0.00000288. The van der Waals surface area contributed by atoms with E-state index in [1.165, 1.54) is 0 Å². The summed E-state index contributed by atoms with van der Waals surface area (Å²) in [5, 5.41) is 3.66. The lowest BCUT2D eigenvalue weighted by Gasteiger charge is -2.24. The smallest absolute Gasteiger partial charge is 0.256 e. The molecule has 1 unspecified atom stereocenters. The number of rotatable bonds is 6. The molecule has 0 spiro atoms. The summed E-state index contributed by atoms with van der Waals surface area (Å²) in [7, 11) is 0. The summed E-state index contributed by atoms with van der Waals surface area (Å²) < 4.78 is 0. The molecule has 0 radical (unpaired) electrons. The quantitative estimate of drug-likeness (QED) is 0.728. The van der Waals surface area contributed by atoms with Crippen LogP contribution in [0.15, 0.2) is 18.2 Å². The molecule has 1 heterocycles. The zero-order valence-electron chi connectivity index (χ0n) is 13.3. The molecule has 3 N–H and O–H groups in total. The van der Waals surface area contributed by atoms with Crippen molar-refractivity contribution in [2.24, 2.45) is 5.73 Å². The van der Waals surface area contributed by atoms with Crippen molar-refractivity contribution in [1.29, 1.82) is 0 Å². The first-order valence-corrected chi connectivity index (χ1v) is 8.54. The molecule has 1 aliphatic heterocycles. The Morgan fingerprint density at radius 1 is 1.29 bits per heavy atom. The highest BCUT2D eigenvalue weighted by Crippen LogP contribution is 2.26. The van der Waals surface area contributed by atoms with Crippen LogP contribution >= 0.6 is 35.6 Å². The molecule has 0 aliphatic carbocycles. The maximum absolute atomic E-state index is 12.7. The van der Waals surface area contributed by atoms with E-state index in [1.807, 2.05) is 0 Å². The Bertz CT molecular complexity index is 584. The molecule has 1 aromatic rings. The molecule has 8 heteroatoms. The number of benzene rings is 1. The van der Waals surface area contributed by atoms with E-state index < -0.39 is 6.04 Å². The predicted octanol–water partition coefficient (Wildman–Crippen LogP) is 2.87. The second kappa shape index (κ2) is 10.1. The summed E-state index contributed by atoms with van der Waals surface area (Å²) in [6.07, 6.45) is 3.16. The zero-order chi connectivity index (χ0) is 16.8. The number of nitrogens with one attached hydrogen (secondary N) is 1. The summed E-state index contributed by atoms with van der Waals surface area (Å²) in [5.74, 6) is -0.372. The highest BCUT2D eigenvalue weighted by atomic mass is 35.5. The van der Waals surface area contributed by atoms with Crippen LogP contribution in [-0.2, 0) is 4.79 Å². The van der Waals surface area contributed by atoms with Crippen molar-refractivity contribution in [1.82, 2.24) is 10.2 Å². The van der Waals surface area contributed by atoms with E-state index in [-0.39, 0.29) is 24.2 Å². The minimum atomic E-state index is -0.449. The number of hydrogen-bond acceptors (Lipinski definition) is 3. The molecule has 0 saturated carbocycles. The number of nitrogens with zero attached hydrogens (tertiary/aromatic N) is 1. The first-order valence-electron chi connectivity index (χ1n) is 7.78. The average molecular weight is 395 g/mol. The van der Waals surface area contributed by atoms with Gasteiger partial charge in [-0.25, -0.2) is 0 Å². The Kier molecular flexibility index (Phi) is 8.84. The molecule has 2 rings (SSSR count). The lowest BCUT2D eigenvalue weighted by Crippen LogP contribution is -2.46. The summed E-state index contributed by atoms with van der Waals surface area (Å²) in [6.45, 7) is 1.73. The minimum absolute atomic E-state index is 0. The van der Waals surface area contributed by atoms with Crippen LogP contribution in [0, 0.1) is 0 Å². The Morgan fingerprint density at radius 3 is 2.75 bits per heavy atom. The molecule has 2 amide bonds. The lowest BCUT2D eigenvalue weighted by molar-refractivity contribution is -0.124. The second-order valence-corrected chi connectivity index (χ2v) is 6.41. The molecule has 1 aliphatic rings. The van der Waals surface area contributed by atoms with Crippen molar-refractivity contribution in [3.8, 4) is 0 Å². The highest BCUT2D eigenvalue weighted by molar-refractivity contribution is 6.35. The number of halogens is 3. The van der Waals surface area contributed by atoms with E-state index in [1.54, 1.807) is 23.1 Å². The molecular formula is C16H22Cl3N3O2. The van der Waals surface area contributed by atoms with E-state index in [0.717, 1.165) is 19.3 Å². The fourth-order valence-corrected chi connectivity index (χ4v) is 3.07. The number of hydrogen-bond donors (Lipinski definition) is 2. The number of likely N-dealkylation sites (tertiary alicyclic amines) is 1. The van der Waals surface area contributed by atoms with Crippen LogP contribution in [0.5, 0.6) is 0 Å². The SMILES string of the molecule is Cl.NCCCCNC(=O)C1CCCN1C(=O)c1cc(Cl)ccc1Cl. The van der Waals surface area contributed by atoms with Crippen molar-refractivity contribution in [3.05, 3.63) is 33.8 Å². The maximum Gasteiger partial charge on any atom is 0.256 e. The van der Waals surface area contributed by atoms with Gasteiger partial charge in [0.1, 0.15) is 6.04 Å². The highest BCUT2D eigenvalue weighted by Gasteiger charge is 2.35.